The van der Waals surface area contributed by atoms with Crippen LogP contribution < -0.4 is 0 Å². The first kappa shape index (κ1) is 8.51. The largest absolute Gasteiger partial charge is 0.272 e. The molecule has 0 unspecified atom stereocenters. The minimum Gasteiger partial charge on any atom is -0.258 e. The van der Waals surface area contributed by atoms with E-state index in [9.17, 15) is 10.1 Å². The fraction of sp³-hybridized carbons (Fsp3) is 0.333. The lowest BCUT2D eigenvalue weighted by molar-refractivity contribution is -0.385. The Morgan fingerprint density at radius 2 is 2.15 bits per heavy atom. The van der Waals surface area contributed by atoms with Gasteiger partial charge in [0.2, 0.25) is 0 Å². The number of hydrogen-bond acceptors (Lipinski definition) is 2. The van der Waals surface area contributed by atoms with Crippen LogP contribution in [0.25, 0.3) is 0 Å². The molecule has 68 valence electrons. The Balaban J connectivity index is 2.47. The summed E-state index contributed by atoms with van der Waals surface area (Å²) in [4.78, 5) is 10.3. The molecule has 0 saturated heterocycles. The fourth-order valence-electron chi connectivity index (χ4n) is 1.41. The van der Waals surface area contributed by atoms with E-state index >= 15 is 0 Å². The molecule has 0 amide bonds. The fourth-order valence-corrected chi connectivity index (χ4v) is 1.59. The molecule has 3 nitrogen and oxygen atoms in total. The van der Waals surface area contributed by atoms with Gasteiger partial charge in [-0.25, -0.2) is 0 Å². The molecule has 4 heteroatoms. The second-order valence-corrected chi connectivity index (χ2v) is 3.67. The van der Waals surface area contributed by atoms with E-state index in [1.165, 1.54) is 6.07 Å². The molecule has 13 heavy (non-hydrogen) atoms. The molecule has 0 heterocycles. The minimum absolute atomic E-state index is 0.201. The van der Waals surface area contributed by atoms with Crippen molar-refractivity contribution in [3.05, 3.63) is 38.9 Å². The molecular formula is C9H8ClNO2. The Labute approximate surface area is 80.5 Å². The van der Waals surface area contributed by atoms with E-state index in [1.54, 1.807) is 12.1 Å². The summed E-state index contributed by atoms with van der Waals surface area (Å²) in [6.45, 7) is 0. The van der Waals surface area contributed by atoms with Gasteiger partial charge in [-0.1, -0.05) is 11.6 Å². The van der Waals surface area contributed by atoms with Crippen LogP contribution in [-0.2, 0) is 0 Å². The van der Waals surface area contributed by atoms with E-state index in [-0.39, 0.29) is 10.6 Å². The number of hydrogen-bond donors (Lipinski definition) is 0. The van der Waals surface area contributed by atoms with Crippen LogP contribution in [0, 0.1) is 10.1 Å². The third-order valence-electron chi connectivity index (χ3n) is 2.20. The second-order valence-electron chi connectivity index (χ2n) is 3.23. The third-order valence-corrected chi connectivity index (χ3v) is 2.44. The third kappa shape index (κ3) is 1.65. The average Bonchev–Trinajstić information content (AvgIpc) is 2.85. The van der Waals surface area contributed by atoms with Crippen molar-refractivity contribution in [2.45, 2.75) is 18.8 Å². The molecule has 1 fully saturated rings. The maximum Gasteiger partial charge on any atom is 0.272 e. The molecule has 1 aromatic rings. The van der Waals surface area contributed by atoms with Crippen LogP contribution >= 0.6 is 11.6 Å². The van der Waals surface area contributed by atoms with Gasteiger partial charge in [-0.2, -0.15) is 0 Å². The van der Waals surface area contributed by atoms with Crippen LogP contribution in [0.3, 0.4) is 0 Å². The summed E-state index contributed by atoms with van der Waals surface area (Å²) < 4.78 is 0. The molecule has 2 rings (SSSR count). The van der Waals surface area contributed by atoms with Crippen molar-refractivity contribution < 1.29 is 4.92 Å². The number of nitro benzene ring substituents is 1. The van der Waals surface area contributed by atoms with E-state index in [1.807, 2.05) is 0 Å². The van der Waals surface area contributed by atoms with E-state index in [0.29, 0.717) is 10.9 Å². The van der Waals surface area contributed by atoms with Crippen molar-refractivity contribution in [2.75, 3.05) is 0 Å². The highest BCUT2D eigenvalue weighted by Crippen LogP contribution is 2.44. The molecule has 1 saturated carbocycles. The maximum absolute atomic E-state index is 10.6. The number of benzene rings is 1. The molecule has 0 radical (unpaired) electrons. The topological polar surface area (TPSA) is 43.1 Å². The first-order valence-corrected chi connectivity index (χ1v) is 4.50. The zero-order chi connectivity index (χ0) is 9.42. The number of nitro groups is 1. The molecule has 0 atom stereocenters. The molecule has 0 aliphatic heterocycles. The second kappa shape index (κ2) is 3.00. The summed E-state index contributed by atoms with van der Waals surface area (Å²) in [5.74, 6) is 0.360. The highest BCUT2D eigenvalue weighted by Gasteiger charge is 2.30. The van der Waals surface area contributed by atoms with Gasteiger partial charge in [0.05, 0.1) is 4.92 Å². The number of halogens is 1. The smallest absolute Gasteiger partial charge is 0.258 e. The maximum atomic E-state index is 10.6. The molecule has 0 N–H and O–H groups in total. The van der Waals surface area contributed by atoms with E-state index < -0.39 is 0 Å². The lowest BCUT2D eigenvalue weighted by Gasteiger charge is -2.00. The highest BCUT2D eigenvalue weighted by atomic mass is 35.5. The van der Waals surface area contributed by atoms with Crippen LogP contribution in [0.1, 0.15) is 24.3 Å². The van der Waals surface area contributed by atoms with Crippen LogP contribution in [0.2, 0.25) is 5.02 Å². The summed E-state index contributed by atoms with van der Waals surface area (Å²) in [7, 11) is 0. The standard InChI is InChI=1S/C9H8ClNO2/c10-7-3-4-9(11(12)13)8(5-7)6-1-2-6/h3-6H,1-2H2. The van der Waals surface area contributed by atoms with Gasteiger partial charge in [-0.3, -0.25) is 10.1 Å². The zero-order valence-corrected chi connectivity index (χ0v) is 7.62. The Morgan fingerprint density at radius 3 is 2.69 bits per heavy atom. The summed E-state index contributed by atoms with van der Waals surface area (Å²) in [5.41, 5.74) is 0.990. The average molecular weight is 198 g/mol. The summed E-state index contributed by atoms with van der Waals surface area (Å²) in [5, 5.41) is 11.2. The molecule has 0 bridgehead atoms. The lowest BCUT2D eigenvalue weighted by Crippen LogP contribution is -1.93. The highest BCUT2D eigenvalue weighted by molar-refractivity contribution is 6.30. The van der Waals surface area contributed by atoms with Crippen molar-refractivity contribution in [2.24, 2.45) is 0 Å². The Kier molecular flexibility index (Phi) is 1.96. The van der Waals surface area contributed by atoms with Crippen molar-refractivity contribution in [1.82, 2.24) is 0 Å². The first-order chi connectivity index (χ1) is 6.18. The number of rotatable bonds is 2. The SMILES string of the molecule is O=[N+]([O-])c1ccc(Cl)cc1C1CC1. The van der Waals surface area contributed by atoms with Crippen molar-refractivity contribution in [3.63, 3.8) is 0 Å². The van der Waals surface area contributed by atoms with Crippen molar-refractivity contribution >= 4 is 17.3 Å². The molecule has 1 aromatic carbocycles. The van der Waals surface area contributed by atoms with Crippen LogP contribution in [0.4, 0.5) is 5.69 Å². The van der Waals surface area contributed by atoms with E-state index in [4.69, 9.17) is 11.6 Å². The molecule has 1 aliphatic carbocycles. The van der Waals surface area contributed by atoms with Gasteiger partial charge in [0.25, 0.3) is 5.69 Å². The Hall–Kier alpha value is -1.09. The van der Waals surface area contributed by atoms with Gasteiger partial charge < -0.3 is 0 Å². The Bertz CT molecular complexity index is 361. The predicted octanol–water partition coefficient (Wildman–Crippen LogP) is 3.13. The normalized spacial score (nSPS) is 15.8. The van der Waals surface area contributed by atoms with Crippen LogP contribution in [0.5, 0.6) is 0 Å². The molecule has 1 aliphatic rings. The van der Waals surface area contributed by atoms with Gasteiger partial charge in [-0.15, -0.1) is 0 Å². The van der Waals surface area contributed by atoms with Gasteiger partial charge in [-0.05, 0) is 30.9 Å². The van der Waals surface area contributed by atoms with E-state index in [0.717, 1.165) is 18.4 Å². The predicted molar refractivity (Wildman–Crippen MR) is 50.1 cm³/mol. The van der Waals surface area contributed by atoms with Gasteiger partial charge in [0, 0.05) is 16.7 Å². The van der Waals surface area contributed by atoms with Gasteiger partial charge in [0.15, 0.2) is 0 Å². The van der Waals surface area contributed by atoms with Crippen molar-refractivity contribution in [3.8, 4) is 0 Å². The number of nitrogens with zero attached hydrogens (tertiary/aromatic N) is 1. The Morgan fingerprint density at radius 1 is 1.46 bits per heavy atom. The molecule has 0 spiro atoms. The quantitative estimate of drug-likeness (QED) is 0.540. The molecular weight excluding hydrogens is 190 g/mol. The van der Waals surface area contributed by atoms with Crippen LogP contribution in [-0.4, -0.2) is 4.92 Å². The first-order valence-electron chi connectivity index (χ1n) is 4.12. The van der Waals surface area contributed by atoms with Crippen LogP contribution in [0.15, 0.2) is 18.2 Å². The van der Waals surface area contributed by atoms with E-state index in [2.05, 4.69) is 0 Å². The van der Waals surface area contributed by atoms with Gasteiger partial charge in [0.1, 0.15) is 0 Å². The van der Waals surface area contributed by atoms with Crippen molar-refractivity contribution in [1.29, 1.82) is 0 Å². The van der Waals surface area contributed by atoms with Gasteiger partial charge >= 0.3 is 0 Å². The zero-order valence-electron chi connectivity index (χ0n) is 6.87. The monoisotopic (exact) mass is 197 g/mol. The summed E-state index contributed by atoms with van der Waals surface area (Å²) in [6.07, 6.45) is 2.09. The minimum atomic E-state index is -0.343. The summed E-state index contributed by atoms with van der Waals surface area (Å²) in [6, 6.07) is 4.75. The molecule has 0 aromatic heterocycles. The summed E-state index contributed by atoms with van der Waals surface area (Å²) >= 11 is 5.77. The lowest BCUT2D eigenvalue weighted by atomic mass is 10.1.